The van der Waals surface area contributed by atoms with E-state index in [2.05, 4.69) is 0 Å². The van der Waals surface area contributed by atoms with Crippen molar-refractivity contribution in [3.8, 4) is 0 Å². The van der Waals surface area contributed by atoms with Crippen LogP contribution in [0.2, 0.25) is 0 Å². The van der Waals surface area contributed by atoms with E-state index >= 15 is 0 Å². The first kappa shape index (κ1) is 14.7. The van der Waals surface area contributed by atoms with Crippen molar-refractivity contribution in [3.05, 3.63) is 27.0 Å². The van der Waals surface area contributed by atoms with Crippen molar-refractivity contribution in [1.29, 1.82) is 0 Å². The van der Waals surface area contributed by atoms with Gasteiger partial charge in [-0.3, -0.25) is 14.2 Å². The fraction of sp³-hybridized carbons (Fsp3) is 0.545. The Hall–Kier alpha value is -1.74. The second-order valence-corrected chi connectivity index (χ2v) is 6.64. The molecule has 0 spiro atoms. The monoisotopic (exact) mass is 301 g/mol. The van der Waals surface area contributed by atoms with Crippen molar-refractivity contribution in [1.82, 2.24) is 13.4 Å². The largest absolute Gasteiger partial charge is 0.330 e. The number of carbonyl (C=O) groups excluding carboxylic acids is 1. The van der Waals surface area contributed by atoms with Gasteiger partial charge in [-0.05, 0) is 6.42 Å². The van der Waals surface area contributed by atoms with Gasteiger partial charge in [-0.25, -0.2) is 13.2 Å². The van der Waals surface area contributed by atoms with Crippen LogP contribution >= 0.6 is 0 Å². The molecule has 0 aromatic carbocycles. The summed E-state index contributed by atoms with van der Waals surface area (Å²) in [5, 5.41) is 0. The number of aromatic nitrogens is 2. The molecule has 0 amide bonds. The van der Waals surface area contributed by atoms with Gasteiger partial charge in [-0.1, -0.05) is 0 Å². The van der Waals surface area contributed by atoms with Crippen molar-refractivity contribution in [2.75, 3.05) is 13.1 Å². The lowest BCUT2D eigenvalue weighted by Gasteiger charge is -2.24. The first-order valence-electron chi connectivity index (χ1n) is 6.03. The number of aryl methyl sites for hydroxylation is 1. The molecule has 0 unspecified atom stereocenters. The second-order valence-electron chi connectivity index (χ2n) is 4.73. The van der Waals surface area contributed by atoms with Gasteiger partial charge >= 0.3 is 5.69 Å². The summed E-state index contributed by atoms with van der Waals surface area (Å²) in [4.78, 5) is 34.4. The zero-order valence-electron chi connectivity index (χ0n) is 11.2. The number of hydrogen-bond acceptors (Lipinski definition) is 5. The van der Waals surface area contributed by atoms with Crippen LogP contribution in [-0.4, -0.2) is 40.7 Å². The van der Waals surface area contributed by atoms with E-state index in [1.54, 1.807) is 0 Å². The number of carbonyl (C=O) groups is 1. The molecule has 8 nitrogen and oxygen atoms in total. The van der Waals surface area contributed by atoms with E-state index in [0.717, 1.165) is 19.6 Å². The van der Waals surface area contributed by atoms with Crippen molar-refractivity contribution >= 4 is 15.8 Å². The molecule has 1 saturated heterocycles. The summed E-state index contributed by atoms with van der Waals surface area (Å²) in [6.45, 7) is -0.0333. The lowest BCUT2D eigenvalue weighted by molar-refractivity contribution is -0.120. The Balaban J connectivity index is 2.58. The van der Waals surface area contributed by atoms with E-state index in [-0.39, 0.29) is 18.9 Å². The molecule has 1 aliphatic rings. The quantitative estimate of drug-likeness (QED) is 0.658. The molecule has 20 heavy (non-hydrogen) atoms. The average Bonchev–Trinajstić information content (AvgIpc) is 2.40. The first-order valence-corrected chi connectivity index (χ1v) is 7.47. The second kappa shape index (κ2) is 4.98. The maximum Gasteiger partial charge on any atom is 0.330 e. The van der Waals surface area contributed by atoms with Gasteiger partial charge in [-0.2, -0.15) is 4.31 Å². The third kappa shape index (κ3) is 2.34. The minimum atomic E-state index is -4.07. The molecule has 0 aliphatic carbocycles. The van der Waals surface area contributed by atoms with E-state index in [1.807, 2.05) is 0 Å². The maximum absolute atomic E-state index is 12.4. The Bertz CT molecular complexity index is 774. The van der Waals surface area contributed by atoms with Gasteiger partial charge in [0.1, 0.15) is 5.78 Å². The molecule has 0 bridgehead atoms. The topological polar surface area (TPSA) is 98.4 Å². The van der Waals surface area contributed by atoms with Gasteiger partial charge in [0, 0.05) is 33.3 Å². The van der Waals surface area contributed by atoms with E-state index in [0.29, 0.717) is 12.8 Å². The number of sulfonamides is 1. The van der Waals surface area contributed by atoms with Crippen LogP contribution in [0.15, 0.2) is 20.7 Å². The third-order valence-electron chi connectivity index (χ3n) is 3.25. The molecule has 1 aromatic heterocycles. The number of piperidine rings is 1. The first-order chi connectivity index (χ1) is 9.25. The number of rotatable bonds is 2. The predicted molar refractivity (Wildman–Crippen MR) is 69.9 cm³/mol. The van der Waals surface area contributed by atoms with Gasteiger partial charge in [0.2, 0.25) is 10.0 Å². The van der Waals surface area contributed by atoms with Crippen molar-refractivity contribution < 1.29 is 13.2 Å². The van der Waals surface area contributed by atoms with Crippen molar-refractivity contribution in [3.63, 3.8) is 0 Å². The molecular formula is C11H15N3O5S. The standard InChI is InChI=1S/C11H15N3O5S/c1-12-7-9(10(16)13(2)11(12)17)20(18,19)14-5-3-4-8(15)6-14/h7H,3-6H2,1-2H3. The molecule has 9 heteroatoms. The van der Waals surface area contributed by atoms with Gasteiger partial charge < -0.3 is 4.57 Å². The van der Waals surface area contributed by atoms with Gasteiger partial charge in [-0.15, -0.1) is 0 Å². The zero-order valence-corrected chi connectivity index (χ0v) is 12.0. The lowest BCUT2D eigenvalue weighted by Crippen LogP contribution is -2.45. The SMILES string of the molecule is Cn1cc(S(=O)(=O)N2CCCC(=O)C2)c(=O)n(C)c1=O. The van der Waals surface area contributed by atoms with E-state index in [9.17, 15) is 22.8 Å². The number of Topliss-reactive ketones (excluding diaryl/α,β-unsaturated/α-hetero) is 1. The molecule has 1 aromatic rings. The Labute approximate surface area is 115 Å². The minimum absolute atomic E-state index is 0.179. The zero-order chi connectivity index (χ0) is 15.1. The Morgan fingerprint density at radius 3 is 2.40 bits per heavy atom. The molecular weight excluding hydrogens is 286 g/mol. The smallest absolute Gasteiger partial charge is 0.302 e. The van der Waals surface area contributed by atoms with Crippen LogP contribution < -0.4 is 11.2 Å². The number of hydrogen-bond donors (Lipinski definition) is 0. The summed E-state index contributed by atoms with van der Waals surface area (Å²) < 4.78 is 27.6. The van der Waals surface area contributed by atoms with Crippen molar-refractivity contribution in [2.24, 2.45) is 14.1 Å². The average molecular weight is 301 g/mol. The summed E-state index contributed by atoms with van der Waals surface area (Å²) in [7, 11) is -1.49. The lowest BCUT2D eigenvalue weighted by atomic mass is 10.1. The summed E-state index contributed by atoms with van der Waals surface area (Å²) >= 11 is 0. The molecule has 2 heterocycles. The molecule has 0 N–H and O–H groups in total. The van der Waals surface area contributed by atoms with Crippen LogP contribution in [0.25, 0.3) is 0 Å². The summed E-state index contributed by atoms with van der Waals surface area (Å²) in [5.74, 6) is -0.179. The number of nitrogens with zero attached hydrogens (tertiary/aromatic N) is 3. The summed E-state index contributed by atoms with van der Waals surface area (Å²) in [5.41, 5.74) is -1.49. The normalized spacial score (nSPS) is 17.4. The van der Waals surface area contributed by atoms with Crippen LogP contribution in [0.5, 0.6) is 0 Å². The van der Waals surface area contributed by atoms with E-state index in [4.69, 9.17) is 0 Å². The Kier molecular flexibility index (Phi) is 3.65. The van der Waals surface area contributed by atoms with Crippen LogP contribution in [0, 0.1) is 0 Å². The highest BCUT2D eigenvalue weighted by Gasteiger charge is 2.32. The van der Waals surface area contributed by atoms with Crippen LogP contribution in [0.3, 0.4) is 0 Å². The molecule has 1 aliphatic heterocycles. The number of ketones is 1. The molecule has 0 saturated carbocycles. The molecule has 0 atom stereocenters. The van der Waals surface area contributed by atoms with Gasteiger partial charge in [0.15, 0.2) is 4.90 Å². The highest BCUT2D eigenvalue weighted by molar-refractivity contribution is 7.89. The van der Waals surface area contributed by atoms with Crippen LogP contribution in [-0.2, 0) is 28.9 Å². The predicted octanol–water partition coefficient (Wildman–Crippen LogP) is -1.56. The fourth-order valence-electron chi connectivity index (χ4n) is 2.10. The Morgan fingerprint density at radius 1 is 1.15 bits per heavy atom. The van der Waals surface area contributed by atoms with E-state index in [1.165, 1.54) is 14.1 Å². The highest BCUT2D eigenvalue weighted by atomic mass is 32.2. The summed E-state index contributed by atoms with van der Waals surface area (Å²) in [6, 6.07) is 0. The molecule has 1 fully saturated rings. The highest BCUT2D eigenvalue weighted by Crippen LogP contribution is 2.15. The van der Waals surface area contributed by atoms with Crippen LogP contribution in [0.1, 0.15) is 12.8 Å². The summed E-state index contributed by atoms with van der Waals surface area (Å²) in [6.07, 6.45) is 1.78. The van der Waals surface area contributed by atoms with Gasteiger partial charge in [0.05, 0.1) is 6.54 Å². The molecule has 110 valence electrons. The molecule has 2 rings (SSSR count). The fourth-order valence-corrected chi connectivity index (χ4v) is 3.71. The molecule has 0 radical (unpaired) electrons. The minimum Gasteiger partial charge on any atom is -0.302 e. The van der Waals surface area contributed by atoms with Gasteiger partial charge in [0.25, 0.3) is 5.56 Å². The third-order valence-corrected chi connectivity index (χ3v) is 5.08. The van der Waals surface area contributed by atoms with E-state index < -0.39 is 26.2 Å². The maximum atomic E-state index is 12.4. The van der Waals surface area contributed by atoms with Crippen LogP contribution in [0.4, 0.5) is 0 Å². The Morgan fingerprint density at radius 2 is 1.80 bits per heavy atom. The van der Waals surface area contributed by atoms with Crippen molar-refractivity contribution in [2.45, 2.75) is 17.7 Å².